The number of amides is 2. The summed E-state index contributed by atoms with van der Waals surface area (Å²) >= 11 is 0. The second kappa shape index (κ2) is 12.6. The number of ether oxygens (including phenoxy) is 1. The summed E-state index contributed by atoms with van der Waals surface area (Å²) in [4.78, 5) is 34.4. The van der Waals surface area contributed by atoms with E-state index < -0.39 is 5.97 Å². The molecule has 2 fully saturated rings. The second-order valence-electron chi connectivity index (χ2n) is 8.18. The van der Waals surface area contributed by atoms with E-state index in [1.807, 2.05) is 0 Å². The normalized spacial score (nSPS) is 25.4. The Morgan fingerprint density at radius 1 is 1.00 bits per heavy atom. The topological polar surface area (TPSA) is 105 Å². The van der Waals surface area contributed by atoms with E-state index in [-0.39, 0.29) is 30.4 Å². The number of rotatable bonds is 14. The summed E-state index contributed by atoms with van der Waals surface area (Å²) in [5, 5.41) is 14.3. The van der Waals surface area contributed by atoms with Gasteiger partial charge in [-0.3, -0.25) is 9.59 Å². The number of aliphatic carboxylic acids is 1. The molecule has 2 saturated heterocycles. The molecule has 2 amide bonds. The van der Waals surface area contributed by atoms with Gasteiger partial charge in [0.05, 0.1) is 12.2 Å². The Morgan fingerprint density at radius 2 is 1.72 bits per heavy atom. The van der Waals surface area contributed by atoms with Crippen LogP contribution in [0.4, 0.5) is 0 Å². The minimum absolute atomic E-state index is 0.117. The Bertz CT molecular complexity index is 578. The number of allylic oxidation sites excluding steroid dienone is 1. The SMILES string of the molecule is CCCCCNC(=O)CC(=O)NC[C@@H]1[C@H](CCCC/C=C/C(=O)O)[C@@H]2CC[C@H]1O2. The number of hydrogen-bond donors (Lipinski definition) is 3. The molecule has 2 rings (SSSR count). The summed E-state index contributed by atoms with van der Waals surface area (Å²) in [5.74, 6) is -0.607. The van der Waals surface area contributed by atoms with E-state index in [0.717, 1.165) is 57.8 Å². The predicted molar refractivity (Wildman–Crippen MR) is 110 cm³/mol. The molecule has 2 bridgehead atoms. The van der Waals surface area contributed by atoms with Crippen LogP contribution in [0.2, 0.25) is 0 Å². The van der Waals surface area contributed by atoms with Crippen molar-refractivity contribution in [2.45, 2.75) is 83.3 Å². The van der Waals surface area contributed by atoms with Crippen molar-refractivity contribution in [2.24, 2.45) is 11.8 Å². The number of carboxylic acids is 1. The molecular weight excluding hydrogens is 372 g/mol. The Kier molecular flexibility index (Phi) is 10.2. The molecule has 0 radical (unpaired) electrons. The average molecular weight is 409 g/mol. The lowest BCUT2D eigenvalue weighted by Crippen LogP contribution is -2.39. The van der Waals surface area contributed by atoms with Gasteiger partial charge >= 0.3 is 5.97 Å². The van der Waals surface area contributed by atoms with Crippen molar-refractivity contribution in [2.75, 3.05) is 13.1 Å². The first-order valence-corrected chi connectivity index (χ1v) is 11.1. The highest BCUT2D eigenvalue weighted by atomic mass is 16.5. The van der Waals surface area contributed by atoms with Gasteiger partial charge in [-0.15, -0.1) is 0 Å². The van der Waals surface area contributed by atoms with Crippen LogP contribution >= 0.6 is 0 Å². The van der Waals surface area contributed by atoms with Crippen LogP contribution in [-0.4, -0.2) is 48.2 Å². The Morgan fingerprint density at radius 3 is 2.45 bits per heavy atom. The highest BCUT2D eigenvalue weighted by molar-refractivity contribution is 5.96. The minimum Gasteiger partial charge on any atom is -0.478 e. The van der Waals surface area contributed by atoms with Gasteiger partial charge in [-0.1, -0.05) is 32.3 Å². The molecule has 7 heteroatoms. The molecule has 7 nitrogen and oxygen atoms in total. The average Bonchev–Trinajstić information content (AvgIpc) is 3.28. The zero-order valence-corrected chi connectivity index (χ0v) is 17.5. The third kappa shape index (κ3) is 8.17. The van der Waals surface area contributed by atoms with Gasteiger partial charge in [0, 0.05) is 25.1 Å². The highest BCUT2D eigenvalue weighted by Crippen LogP contribution is 2.45. The van der Waals surface area contributed by atoms with Crippen molar-refractivity contribution in [3.8, 4) is 0 Å². The van der Waals surface area contributed by atoms with Crippen LogP contribution in [0.3, 0.4) is 0 Å². The molecule has 0 unspecified atom stereocenters. The van der Waals surface area contributed by atoms with Crippen LogP contribution in [0, 0.1) is 11.8 Å². The molecule has 0 aliphatic carbocycles. The minimum atomic E-state index is -0.906. The highest BCUT2D eigenvalue weighted by Gasteiger charge is 2.48. The van der Waals surface area contributed by atoms with Crippen molar-refractivity contribution in [3.63, 3.8) is 0 Å². The lowest BCUT2D eigenvalue weighted by atomic mass is 9.76. The quantitative estimate of drug-likeness (QED) is 0.233. The molecular formula is C22H36N2O5. The van der Waals surface area contributed by atoms with E-state index >= 15 is 0 Å². The fraction of sp³-hybridized carbons (Fsp3) is 0.773. The first kappa shape index (κ1) is 23.4. The van der Waals surface area contributed by atoms with E-state index in [1.165, 1.54) is 6.08 Å². The van der Waals surface area contributed by atoms with Gasteiger partial charge < -0.3 is 20.5 Å². The fourth-order valence-electron chi connectivity index (χ4n) is 4.49. The first-order valence-electron chi connectivity index (χ1n) is 11.1. The Hall–Kier alpha value is -1.89. The predicted octanol–water partition coefficient (Wildman–Crippen LogP) is 2.79. The third-order valence-electron chi connectivity index (χ3n) is 5.97. The Labute approximate surface area is 173 Å². The van der Waals surface area contributed by atoms with Gasteiger partial charge in [0.25, 0.3) is 0 Å². The molecule has 0 aromatic carbocycles. The zero-order valence-electron chi connectivity index (χ0n) is 17.5. The van der Waals surface area contributed by atoms with Crippen molar-refractivity contribution in [1.82, 2.24) is 10.6 Å². The summed E-state index contributed by atoms with van der Waals surface area (Å²) in [6.45, 7) is 3.30. The van der Waals surface area contributed by atoms with Gasteiger partial charge in [-0.2, -0.15) is 0 Å². The standard InChI is InChI=1S/C22H36N2O5/c1-2-3-8-13-23-20(25)14-21(26)24-15-17-16(18-11-12-19(17)29-18)9-6-4-5-7-10-22(27)28/h7,10,16-19H,2-6,8-9,11-15H2,1H3,(H,23,25)(H,24,26)(H,27,28)/b10-7+/t16-,17+,18-,19+/m0/s1. The van der Waals surface area contributed by atoms with E-state index in [1.54, 1.807) is 6.08 Å². The van der Waals surface area contributed by atoms with Gasteiger partial charge in [-0.05, 0) is 44.4 Å². The van der Waals surface area contributed by atoms with Crippen LogP contribution in [0.1, 0.15) is 71.1 Å². The lowest BCUT2D eigenvalue weighted by Gasteiger charge is -2.28. The molecule has 0 aromatic rings. The van der Waals surface area contributed by atoms with Gasteiger partial charge in [-0.25, -0.2) is 4.79 Å². The lowest BCUT2D eigenvalue weighted by molar-refractivity contribution is -0.132. The van der Waals surface area contributed by atoms with E-state index in [2.05, 4.69) is 17.6 Å². The number of carboxylic acid groups (broad SMARTS) is 1. The third-order valence-corrected chi connectivity index (χ3v) is 5.97. The van der Waals surface area contributed by atoms with Crippen LogP contribution in [0.15, 0.2) is 12.2 Å². The van der Waals surface area contributed by atoms with Crippen molar-refractivity contribution >= 4 is 17.8 Å². The maximum Gasteiger partial charge on any atom is 0.327 e. The maximum atomic E-state index is 12.1. The molecule has 3 N–H and O–H groups in total. The summed E-state index contributed by atoms with van der Waals surface area (Å²) in [5.41, 5.74) is 0. The van der Waals surface area contributed by atoms with Gasteiger partial charge in [0.15, 0.2) is 0 Å². The van der Waals surface area contributed by atoms with Crippen LogP contribution in [-0.2, 0) is 19.1 Å². The van der Waals surface area contributed by atoms with Crippen LogP contribution < -0.4 is 10.6 Å². The first-order chi connectivity index (χ1) is 14.0. The van der Waals surface area contributed by atoms with Gasteiger partial charge in [0.2, 0.25) is 11.8 Å². The molecule has 2 aliphatic rings. The zero-order chi connectivity index (χ0) is 21.1. The molecule has 0 aromatic heterocycles. The number of carbonyl (C=O) groups is 3. The molecule has 2 aliphatic heterocycles. The molecule has 164 valence electrons. The van der Waals surface area contributed by atoms with Crippen molar-refractivity contribution in [1.29, 1.82) is 0 Å². The second-order valence-corrected chi connectivity index (χ2v) is 8.18. The number of nitrogens with one attached hydrogen (secondary N) is 2. The van der Waals surface area contributed by atoms with Crippen molar-refractivity contribution < 1.29 is 24.2 Å². The molecule has 4 atom stereocenters. The number of unbranched alkanes of at least 4 members (excludes halogenated alkanes) is 4. The Balaban J connectivity index is 1.67. The van der Waals surface area contributed by atoms with Crippen LogP contribution in [0.5, 0.6) is 0 Å². The summed E-state index contributed by atoms with van der Waals surface area (Å²) < 4.78 is 6.07. The van der Waals surface area contributed by atoms with E-state index in [4.69, 9.17) is 9.84 Å². The monoisotopic (exact) mass is 408 g/mol. The molecule has 2 heterocycles. The fourth-order valence-corrected chi connectivity index (χ4v) is 4.49. The van der Waals surface area contributed by atoms with E-state index in [0.29, 0.717) is 24.9 Å². The smallest absolute Gasteiger partial charge is 0.327 e. The number of carbonyl (C=O) groups excluding carboxylic acids is 2. The van der Waals surface area contributed by atoms with Crippen molar-refractivity contribution in [3.05, 3.63) is 12.2 Å². The molecule has 0 spiro atoms. The number of fused-ring (bicyclic) bond motifs is 2. The molecule has 29 heavy (non-hydrogen) atoms. The molecule has 0 saturated carbocycles. The summed E-state index contributed by atoms with van der Waals surface area (Å²) in [7, 11) is 0. The van der Waals surface area contributed by atoms with E-state index in [9.17, 15) is 14.4 Å². The summed E-state index contributed by atoms with van der Waals surface area (Å²) in [6, 6.07) is 0. The maximum absolute atomic E-state index is 12.1. The summed E-state index contributed by atoms with van der Waals surface area (Å²) in [6.07, 6.45) is 12.3. The largest absolute Gasteiger partial charge is 0.478 e. The van der Waals surface area contributed by atoms with Crippen LogP contribution in [0.25, 0.3) is 0 Å². The van der Waals surface area contributed by atoms with Gasteiger partial charge in [0.1, 0.15) is 6.42 Å². The number of hydrogen-bond acceptors (Lipinski definition) is 4.